The second kappa shape index (κ2) is 10.6. The van der Waals surface area contributed by atoms with Crippen molar-refractivity contribution in [2.24, 2.45) is 11.7 Å². The minimum Gasteiger partial charge on any atom is -0.405 e. The second-order valence-electron chi connectivity index (χ2n) is 8.06. The van der Waals surface area contributed by atoms with Crippen molar-refractivity contribution in [2.75, 3.05) is 0 Å². The number of rotatable bonds is 6. The molecule has 3 rings (SSSR count). The molecule has 1 aromatic carbocycles. The molecule has 1 heteroatoms. The highest BCUT2D eigenvalue weighted by molar-refractivity contribution is 5.90. The van der Waals surface area contributed by atoms with Crippen molar-refractivity contribution in [1.82, 2.24) is 0 Å². The van der Waals surface area contributed by atoms with Gasteiger partial charge in [0.1, 0.15) is 0 Å². The summed E-state index contributed by atoms with van der Waals surface area (Å²) in [6, 6.07) is 8.81. The van der Waals surface area contributed by atoms with Gasteiger partial charge in [0.2, 0.25) is 0 Å². The standard InChI is InChI=1S/C30H33N/c1-5-11-24(12-6-2)29-25(16-10-20-31)18-19-28(26-15-9-13-22(3)21-26)30(29)27-17-8-7-14-23(27)4/h5-13,15-17,19-21,23H,1,14,18,31H2,2-4H3/b12-6-,20-10-,24-11+,25-16+. The van der Waals surface area contributed by atoms with Gasteiger partial charge in [0.25, 0.3) is 0 Å². The van der Waals surface area contributed by atoms with Crippen LogP contribution in [-0.2, 0) is 0 Å². The number of hydrogen-bond donors (Lipinski definition) is 1. The zero-order valence-corrected chi connectivity index (χ0v) is 18.9. The average Bonchev–Trinajstić information content (AvgIpc) is 2.77. The lowest BCUT2D eigenvalue weighted by molar-refractivity contribution is 0.697. The summed E-state index contributed by atoms with van der Waals surface area (Å²) in [6.45, 7) is 10.5. The lowest BCUT2D eigenvalue weighted by Gasteiger charge is -2.30. The zero-order valence-electron chi connectivity index (χ0n) is 18.9. The van der Waals surface area contributed by atoms with Gasteiger partial charge >= 0.3 is 0 Å². The molecule has 0 radical (unpaired) electrons. The van der Waals surface area contributed by atoms with Gasteiger partial charge in [-0.3, -0.25) is 0 Å². The molecule has 0 saturated heterocycles. The molecule has 2 aliphatic rings. The molecule has 158 valence electrons. The summed E-state index contributed by atoms with van der Waals surface area (Å²) in [5.41, 5.74) is 15.9. The Hall–Kier alpha value is -3.32. The molecule has 2 aliphatic carbocycles. The molecule has 0 amide bonds. The van der Waals surface area contributed by atoms with E-state index in [1.807, 2.05) is 12.2 Å². The van der Waals surface area contributed by atoms with E-state index >= 15 is 0 Å². The summed E-state index contributed by atoms with van der Waals surface area (Å²) < 4.78 is 0. The summed E-state index contributed by atoms with van der Waals surface area (Å²) in [7, 11) is 0. The maximum Gasteiger partial charge on any atom is -0.00623 e. The molecule has 1 unspecified atom stereocenters. The van der Waals surface area contributed by atoms with Crippen molar-refractivity contribution < 1.29 is 0 Å². The summed E-state index contributed by atoms with van der Waals surface area (Å²) >= 11 is 0. The Morgan fingerprint density at radius 3 is 2.77 bits per heavy atom. The van der Waals surface area contributed by atoms with Crippen molar-refractivity contribution in [1.29, 1.82) is 0 Å². The van der Waals surface area contributed by atoms with Crippen LogP contribution in [-0.4, -0.2) is 0 Å². The Balaban J connectivity index is 2.40. The minimum absolute atomic E-state index is 0.447. The molecule has 2 N–H and O–H groups in total. The SMILES string of the molecule is C=C/C=C(\C=C/C)C1=C(C2=CC=CCC2C)C(c2cccc(C)c2)=CC/C1=C\C=C/N. The third-order valence-corrected chi connectivity index (χ3v) is 5.76. The van der Waals surface area contributed by atoms with Crippen LogP contribution in [0, 0.1) is 12.8 Å². The van der Waals surface area contributed by atoms with Gasteiger partial charge in [0, 0.05) is 0 Å². The first-order chi connectivity index (χ1) is 15.1. The van der Waals surface area contributed by atoms with Gasteiger partial charge in [-0.1, -0.05) is 98.0 Å². The van der Waals surface area contributed by atoms with Gasteiger partial charge in [-0.05, 0) is 83.9 Å². The molecule has 0 spiro atoms. The van der Waals surface area contributed by atoms with Crippen LogP contribution in [0.5, 0.6) is 0 Å². The Kier molecular flexibility index (Phi) is 7.67. The van der Waals surface area contributed by atoms with Crippen LogP contribution >= 0.6 is 0 Å². The summed E-state index contributed by atoms with van der Waals surface area (Å²) in [5.74, 6) is 0.447. The maximum atomic E-state index is 5.70. The van der Waals surface area contributed by atoms with E-state index < -0.39 is 0 Å². The molecule has 1 atom stereocenters. The molecule has 0 aliphatic heterocycles. The number of nitrogens with two attached hydrogens (primary N) is 1. The van der Waals surface area contributed by atoms with E-state index in [2.05, 4.69) is 100 Å². The van der Waals surface area contributed by atoms with Crippen molar-refractivity contribution in [2.45, 2.75) is 33.6 Å². The van der Waals surface area contributed by atoms with E-state index in [9.17, 15) is 0 Å². The first-order valence-corrected chi connectivity index (χ1v) is 11.0. The molecule has 0 saturated carbocycles. The monoisotopic (exact) mass is 407 g/mol. The summed E-state index contributed by atoms with van der Waals surface area (Å²) in [6.07, 6.45) is 24.9. The lowest BCUT2D eigenvalue weighted by Crippen LogP contribution is -2.13. The number of benzene rings is 1. The van der Waals surface area contributed by atoms with Crippen LogP contribution in [0.25, 0.3) is 5.57 Å². The highest BCUT2D eigenvalue weighted by Gasteiger charge is 2.27. The second-order valence-corrected chi connectivity index (χ2v) is 8.06. The summed E-state index contributed by atoms with van der Waals surface area (Å²) in [5, 5.41) is 0. The van der Waals surface area contributed by atoms with E-state index in [1.165, 1.54) is 44.6 Å². The number of aryl methyl sites for hydroxylation is 1. The third-order valence-electron chi connectivity index (χ3n) is 5.76. The van der Waals surface area contributed by atoms with Gasteiger partial charge in [-0.2, -0.15) is 0 Å². The van der Waals surface area contributed by atoms with Crippen molar-refractivity contribution in [3.8, 4) is 0 Å². The predicted molar refractivity (Wildman–Crippen MR) is 136 cm³/mol. The van der Waals surface area contributed by atoms with Crippen LogP contribution in [0.1, 0.15) is 37.8 Å². The normalized spacial score (nSPS) is 21.2. The van der Waals surface area contributed by atoms with Gasteiger partial charge in [0.05, 0.1) is 0 Å². The fourth-order valence-corrected chi connectivity index (χ4v) is 4.34. The van der Waals surface area contributed by atoms with E-state index in [0.717, 1.165) is 12.8 Å². The van der Waals surface area contributed by atoms with Gasteiger partial charge in [-0.25, -0.2) is 0 Å². The van der Waals surface area contributed by atoms with Crippen LogP contribution in [0.3, 0.4) is 0 Å². The molecule has 0 heterocycles. The van der Waals surface area contributed by atoms with Crippen molar-refractivity contribution >= 4 is 5.57 Å². The van der Waals surface area contributed by atoms with E-state index in [4.69, 9.17) is 5.73 Å². The molecule has 0 fully saturated rings. The number of allylic oxidation sites excluding steroid dienone is 16. The largest absolute Gasteiger partial charge is 0.405 e. The maximum absolute atomic E-state index is 5.70. The first-order valence-electron chi connectivity index (χ1n) is 11.0. The molecule has 1 aromatic rings. The Labute approximate surface area is 187 Å². The highest BCUT2D eigenvalue weighted by Crippen LogP contribution is 2.45. The Bertz CT molecular complexity index is 1080. The van der Waals surface area contributed by atoms with Crippen LogP contribution < -0.4 is 5.73 Å². The van der Waals surface area contributed by atoms with E-state index in [-0.39, 0.29) is 0 Å². The zero-order chi connectivity index (χ0) is 22.2. The minimum atomic E-state index is 0.447. The predicted octanol–water partition coefficient (Wildman–Crippen LogP) is 7.69. The lowest BCUT2D eigenvalue weighted by atomic mass is 9.73. The van der Waals surface area contributed by atoms with Crippen molar-refractivity contribution in [3.63, 3.8) is 0 Å². The molecule has 1 nitrogen and oxygen atoms in total. The number of hydrogen-bond acceptors (Lipinski definition) is 1. The fraction of sp³-hybridized carbons (Fsp3) is 0.200. The van der Waals surface area contributed by atoms with Gasteiger partial charge < -0.3 is 5.73 Å². The smallest absolute Gasteiger partial charge is 0.00623 e. The molecular formula is C30H33N. The van der Waals surface area contributed by atoms with Crippen LogP contribution in [0.15, 0.2) is 126 Å². The summed E-state index contributed by atoms with van der Waals surface area (Å²) in [4.78, 5) is 0. The van der Waals surface area contributed by atoms with E-state index in [0.29, 0.717) is 5.92 Å². The molecule has 31 heavy (non-hydrogen) atoms. The molecular weight excluding hydrogens is 374 g/mol. The van der Waals surface area contributed by atoms with Crippen LogP contribution in [0.4, 0.5) is 0 Å². The van der Waals surface area contributed by atoms with E-state index in [1.54, 1.807) is 6.20 Å². The van der Waals surface area contributed by atoms with Gasteiger partial charge in [0.15, 0.2) is 0 Å². The highest BCUT2D eigenvalue weighted by atomic mass is 14.5. The third kappa shape index (κ3) is 5.06. The quantitative estimate of drug-likeness (QED) is 0.481. The topological polar surface area (TPSA) is 26.0 Å². The Morgan fingerprint density at radius 1 is 1.26 bits per heavy atom. The van der Waals surface area contributed by atoms with Crippen LogP contribution in [0.2, 0.25) is 0 Å². The van der Waals surface area contributed by atoms with Crippen molar-refractivity contribution in [3.05, 3.63) is 137 Å². The molecule has 0 bridgehead atoms. The Morgan fingerprint density at radius 2 is 2.10 bits per heavy atom. The average molecular weight is 408 g/mol. The fourth-order valence-electron chi connectivity index (χ4n) is 4.34. The van der Waals surface area contributed by atoms with Gasteiger partial charge in [-0.15, -0.1) is 0 Å². The molecule has 0 aromatic heterocycles. The first kappa shape index (κ1) is 22.4.